The third kappa shape index (κ3) is 4.06. The molecule has 0 radical (unpaired) electrons. The van der Waals surface area contributed by atoms with E-state index >= 15 is 0 Å². The monoisotopic (exact) mass is 548 g/mol. The van der Waals surface area contributed by atoms with Crippen molar-refractivity contribution in [3.63, 3.8) is 0 Å². The van der Waals surface area contributed by atoms with E-state index in [1.54, 1.807) is 0 Å². The zero-order chi connectivity index (χ0) is 22.2. The average Bonchev–Trinajstić information content (AvgIpc) is 2.55. The van der Waals surface area contributed by atoms with E-state index < -0.39 is 64.1 Å². The second kappa shape index (κ2) is 8.23. The summed E-state index contributed by atoms with van der Waals surface area (Å²) in [5, 5.41) is 0. The van der Waals surface area contributed by atoms with E-state index in [1.807, 2.05) is 0 Å². The predicted molar refractivity (Wildman–Crippen MR) is 61.4 cm³/mol. The Kier molecular flexibility index (Phi) is 8.15. The van der Waals surface area contributed by atoms with E-state index in [-0.39, 0.29) is 14.2 Å². The Morgan fingerprint density at radius 3 is 0.889 bits per heavy atom. The van der Waals surface area contributed by atoms with E-state index in [2.05, 4.69) is 6.15 Å². The molecule has 0 aliphatic carbocycles. The molecule has 0 rings (SSSR count). The van der Waals surface area contributed by atoms with Crippen LogP contribution in [0.3, 0.4) is 0 Å². The van der Waals surface area contributed by atoms with Crippen LogP contribution in [0.25, 0.3) is 0 Å². The minimum absolute atomic E-state index is 0.0913. The second-order valence-corrected chi connectivity index (χ2v) is 14.3. The van der Waals surface area contributed by atoms with Gasteiger partial charge in [-0.2, -0.15) is 0 Å². The van der Waals surface area contributed by atoms with Crippen molar-refractivity contribution in [3.05, 3.63) is 0 Å². The molecule has 0 N–H and O–H groups in total. The first-order chi connectivity index (χ1) is 11.8. The van der Waals surface area contributed by atoms with Crippen molar-refractivity contribution in [2.45, 2.75) is 44.9 Å². The molecular formula is C10H10F14O2Sn. The molecule has 0 aliphatic heterocycles. The van der Waals surface area contributed by atoms with Gasteiger partial charge in [0, 0.05) is 0 Å². The molecule has 0 saturated carbocycles. The van der Waals surface area contributed by atoms with Crippen LogP contribution in [0.15, 0.2) is 0 Å². The van der Waals surface area contributed by atoms with Gasteiger partial charge in [0.1, 0.15) is 0 Å². The molecule has 0 aromatic rings. The van der Waals surface area contributed by atoms with Gasteiger partial charge >= 0.3 is 146 Å². The van der Waals surface area contributed by atoms with Crippen molar-refractivity contribution in [2.24, 2.45) is 0 Å². The molecule has 2 unspecified atom stereocenters. The van der Waals surface area contributed by atoms with Gasteiger partial charge in [-0.3, -0.25) is 0 Å². The molecule has 0 amide bonds. The zero-order valence-corrected chi connectivity index (χ0v) is 15.8. The van der Waals surface area contributed by atoms with Crippen LogP contribution < -0.4 is 0 Å². The topological polar surface area (TPSA) is 18.5 Å². The Labute approximate surface area is 146 Å². The molecule has 0 saturated heterocycles. The second-order valence-electron chi connectivity index (χ2n) is 4.95. The summed E-state index contributed by atoms with van der Waals surface area (Å²) in [7, 11) is -0.183. The molecule has 17 heteroatoms. The number of hydrogen-bond donors (Lipinski definition) is 0. The summed E-state index contributed by atoms with van der Waals surface area (Å²) in [4.78, 5) is 0. The first-order valence-corrected chi connectivity index (χ1v) is 11.9. The van der Waals surface area contributed by atoms with E-state index in [0.717, 1.165) is 0 Å². The summed E-state index contributed by atoms with van der Waals surface area (Å²) in [5.74, 6) is -26.5. The SMILES string of the molecule is C[O][Sn]([O]C)([CH](F)C(F)(F)C(F)(F)C(F)F)[CH](F)C(F)(F)C(F)(F)C(F)F. The average molecular weight is 547 g/mol. The number of alkyl halides is 14. The molecule has 2 atom stereocenters. The van der Waals surface area contributed by atoms with Crippen molar-refractivity contribution in [3.8, 4) is 0 Å². The number of rotatable bonds is 10. The Hall–Kier alpha value is -0.261. The first kappa shape index (κ1) is 26.7. The van der Waals surface area contributed by atoms with Crippen LogP contribution in [0.5, 0.6) is 0 Å². The molecule has 0 heterocycles. The van der Waals surface area contributed by atoms with Crippen molar-refractivity contribution >= 4 is 19.2 Å². The maximum absolute atomic E-state index is 14.0. The summed E-state index contributed by atoms with van der Waals surface area (Å²) in [6, 6.07) is 0. The van der Waals surface area contributed by atoms with Crippen molar-refractivity contribution in [1.29, 1.82) is 0 Å². The van der Waals surface area contributed by atoms with E-state index in [1.165, 1.54) is 0 Å². The van der Waals surface area contributed by atoms with Gasteiger partial charge in [0.05, 0.1) is 0 Å². The molecular weight excluding hydrogens is 537 g/mol. The summed E-state index contributed by atoms with van der Waals surface area (Å²) < 4.78 is 179. The fourth-order valence-electron chi connectivity index (χ4n) is 1.76. The summed E-state index contributed by atoms with van der Waals surface area (Å²) in [6.07, 6.45) is -10.6. The van der Waals surface area contributed by atoms with Gasteiger partial charge in [0.15, 0.2) is 0 Å². The first-order valence-electron chi connectivity index (χ1n) is 6.28. The Balaban J connectivity index is 6.43. The summed E-state index contributed by atoms with van der Waals surface area (Å²) >= 11 is -7.96. The van der Waals surface area contributed by atoms with Crippen LogP contribution in [0.4, 0.5) is 61.5 Å². The van der Waals surface area contributed by atoms with Gasteiger partial charge in [-0.15, -0.1) is 0 Å². The fraction of sp³-hybridized carbons (Fsp3) is 1.00. The van der Waals surface area contributed by atoms with Crippen molar-refractivity contribution in [1.82, 2.24) is 0 Å². The summed E-state index contributed by atoms with van der Waals surface area (Å²) in [6.45, 7) is 0. The molecule has 0 bridgehead atoms. The Morgan fingerprint density at radius 1 is 0.519 bits per heavy atom. The third-order valence-electron chi connectivity index (χ3n) is 3.42. The minimum atomic E-state index is -7.96. The van der Waals surface area contributed by atoms with Crippen LogP contribution in [-0.4, -0.2) is 78.3 Å². The molecule has 0 fully saturated rings. The van der Waals surface area contributed by atoms with Gasteiger partial charge in [-0.25, -0.2) is 0 Å². The van der Waals surface area contributed by atoms with Gasteiger partial charge in [-0.1, -0.05) is 0 Å². The van der Waals surface area contributed by atoms with E-state index in [0.29, 0.717) is 0 Å². The molecule has 27 heavy (non-hydrogen) atoms. The van der Waals surface area contributed by atoms with Crippen LogP contribution in [-0.2, 0) is 6.15 Å². The van der Waals surface area contributed by atoms with Crippen LogP contribution in [0, 0.1) is 0 Å². The van der Waals surface area contributed by atoms with Gasteiger partial charge in [-0.05, 0) is 0 Å². The van der Waals surface area contributed by atoms with E-state index in [4.69, 9.17) is 0 Å². The normalized spacial score (nSPS) is 17.6. The molecule has 164 valence electrons. The molecule has 2 nitrogen and oxygen atoms in total. The summed E-state index contributed by atoms with van der Waals surface area (Å²) in [5.41, 5.74) is 0. The molecule has 0 spiro atoms. The molecule has 0 aliphatic rings. The van der Waals surface area contributed by atoms with Gasteiger partial charge in [0.2, 0.25) is 0 Å². The fourth-order valence-corrected chi connectivity index (χ4v) is 9.31. The van der Waals surface area contributed by atoms with Crippen LogP contribution >= 0.6 is 0 Å². The van der Waals surface area contributed by atoms with Crippen LogP contribution in [0.2, 0.25) is 0 Å². The Morgan fingerprint density at radius 2 is 0.741 bits per heavy atom. The standard InChI is InChI=1S/2C4H2F7.2CH3O.Sn/c2*5-1-3(8,9)4(10,11)2(6)7;2*1-2;/h2*1-2H;2*1H3;/q;;2*-1;+2. The third-order valence-corrected chi connectivity index (χ3v) is 13.2. The molecule has 0 aromatic heterocycles. The van der Waals surface area contributed by atoms with Crippen molar-refractivity contribution in [2.75, 3.05) is 14.2 Å². The van der Waals surface area contributed by atoms with E-state index in [9.17, 15) is 61.5 Å². The van der Waals surface area contributed by atoms with Crippen molar-refractivity contribution < 1.29 is 67.6 Å². The zero-order valence-electron chi connectivity index (χ0n) is 12.9. The predicted octanol–water partition coefficient (Wildman–Crippen LogP) is 4.55. The quantitative estimate of drug-likeness (QED) is 0.296. The van der Waals surface area contributed by atoms with Crippen LogP contribution in [0.1, 0.15) is 0 Å². The van der Waals surface area contributed by atoms with Gasteiger partial charge < -0.3 is 0 Å². The van der Waals surface area contributed by atoms with Gasteiger partial charge in [0.25, 0.3) is 0 Å². The number of hydrogen-bond acceptors (Lipinski definition) is 2. The Bertz CT molecular complexity index is 454. The number of halogens is 14. The molecule has 0 aromatic carbocycles. The maximum atomic E-state index is 14.0.